The summed E-state index contributed by atoms with van der Waals surface area (Å²) < 4.78 is 31.7. The van der Waals surface area contributed by atoms with Crippen LogP contribution in [-0.4, -0.2) is 18.1 Å². The summed E-state index contributed by atoms with van der Waals surface area (Å²) in [6.45, 7) is 0. The van der Waals surface area contributed by atoms with Crippen LogP contribution in [0.25, 0.3) is 10.8 Å². The van der Waals surface area contributed by atoms with Crippen molar-refractivity contribution in [3.63, 3.8) is 0 Å². The third kappa shape index (κ3) is 2.95. The number of phenols is 1. The van der Waals surface area contributed by atoms with Crippen LogP contribution in [-0.2, 0) is 16.5 Å². The number of benzene rings is 3. The molecule has 0 radical (unpaired) electrons. The Morgan fingerprint density at radius 1 is 0.818 bits per heavy atom. The van der Waals surface area contributed by atoms with Crippen molar-refractivity contribution < 1.29 is 18.1 Å². The minimum atomic E-state index is -4.45. The predicted octanol–water partition coefficient (Wildman–Crippen LogP) is 3.38. The molecule has 3 aromatic rings. The van der Waals surface area contributed by atoms with Crippen molar-refractivity contribution in [3.8, 4) is 5.75 Å². The number of phenolic OH excluding ortho intramolecular Hbond substituents is 1. The molecule has 0 saturated carbocycles. The van der Waals surface area contributed by atoms with E-state index >= 15 is 0 Å². The molecule has 0 aromatic heterocycles. The van der Waals surface area contributed by atoms with Crippen LogP contribution in [0.4, 0.5) is 0 Å². The third-order valence-corrected chi connectivity index (χ3v) is 4.39. The Morgan fingerprint density at radius 2 is 1.55 bits per heavy atom. The van der Waals surface area contributed by atoms with E-state index in [1.165, 1.54) is 12.1 Å². The average Bonchev–Trinajstić information content (AvgIpc) is 2.47. The lowest BCUT2D eigenvalue weighted by Gasteiger charge is -2.07. The molecule has 22 heavy (non-hydrogen) atoms. The van der Waals surface area contributed by atoms with Crippen LogP contribution in [0.1, 0.15) is 11.1 Å². The molecule has 0 atom stereocenters. The Kier molecular flexibility index (Phi) is 3.60. The van der Waals surface area contributed by atoms with E-state index in [4.69, 9.17) is 4.55 Å². The van der Waals surface area contributed by atoms with Crippen LogP contribution < -0.4 is 0 Å². The van der Waals surface area contributed by atoms with Crippen LogP contribution in [0.15, 0.2) is 65.6 Å². The minimum absolute atomic E-state index is 0.453. The van der Waals surface area contributed by atoms with Crippen molar-refractivity contribution in [1.82, 2.24) is 0 Å². The van der Waals surface area contributed by atoms with Crippen molar-refractivity contribution in [2.75, 3.05) is 0 Å². The summed E-state index contributed by atoms with van der Waals surface area (Å²) in [7, 11) is -4.45. The second-order valence-electron chi connectivity index (χ2n) is 5.14. The zero-order valence-electron chi connectivity index (χ0n) is 11.6. The number of aromatic hydroxyl groups is 1. The summed E-state index contributed by atoms with van der Waals surface area (Å²) >= 11 is 0. The van der Waals surface area contributed by atoms with Gasteiger partial charge in [-0.2, -0.15) is 8.42 Å². The van der Waals surface area contributed by atoms with Gasteiger partial charge in [0, 0.05) is 0 Å². The van der Waals surface area contributed by atoms with E-state index in [0.717, 1.165) is 17.5 Å². The molecule has 2 N–H and O–H groups in total. The van der Waals surface area contributed by atoms with E-state index in [1.54, 1.807) is 0 Å². The second-order valence-corrected chi connectivity index (χ2v) is 6.53. The minimum Gasteiger partial charge on any atom is -0.506 e. The molecule has 0 bridgehead atoms. The molecule has 112 valence electrons. The molecular weight excluding hydrogens is 300 g/mol. The van der Waals surface area contributed by atoms with Crippen molar-refractivity contribution in [1.29, 1.82) is 0 Å². The molecule has 4 nitrogen and oxygen atoms in total. The van der Waals surface area contributed by atoms with E-state index in [0.29, 0.717) is 10.8 Å². The van der Waals surface area contributed by atoms with Gasteiger partial charge >= 0.3 is 0 Å². The molecule has 0 saturated heterocycles. The molecule has 5 heteroatoms. The molecule has 0 aliphatic carbocycles. The van der Waals surface area contributed by atoms with E-state index in [-0.39, 0.29) is 0 Å². The zero-order valence-corrected chi connectivity index (χ0v) is 12.4. The smallest absolute Gasteiger partial charge is 0.298 e. The topological polar surface area (TPSA) is 74.6 Å². The van der Waals surface area contributed by atoms with Gasteiger partial charge in [-0.25, -0.2) is 0 Å². The molecule has 0 heterocycles. The van der Waals surface area contributed by atoms with E-state index in [9.17, 15) is 13.5 Å². The van der Waals surface area contributed by atoms with E-state index < -0.39 is 20.8 Å². The number of hydrogen-bond donors (Lipinski definition) is 2. The predicted molar refractivity (Wildman–Crippen MR) is 84.7 cm³/mol. The molecule has 0 amide bonds. The Morgan fingerprint density at radius 3 is 2.23 bits per heavy atom. The summed E-state index contributed by atoms with van der Waals surface area (Å²) in [4.78, 5) is -0.475. The summed E-state index contributed by atoms with van der Waals surface area (Å²) in [5, 5.41) is 11.1. The summed E-state index contributed by atoms with van der Waals surface area (Å²) in [6, 6.07) is 18.1. The van der Waals surface area contributed by atoms with Gasteiger partial charge in [-0.15, -0.1) is 0 Å². The van der Waals surface area contributed by atoms with Crippen molar-refractivity contribution >= 4 is 20.9 Å². The highest BCUT2D eigenvalue weighted by molar-refractivity contribution is 7.86. The quantitative estimate of drug-likeness (QED) is 0.727. The second kappa shape index (κ2) is 5.44. The highest BCUT2D eigenvalue weighted by Gasteiger charge is 2.16. The molecule has 3 rings (SSSR count). The largest absolute Gasteiger partial charge is 0.506 e. The first kappa shape index (κ1) is 14.6. The lowest BCUT2D eigenvalue weighted by Crippen LogP contribution is -1.98. The van der Waals surface area contributed by atoms with Gasteiger partial charge in [-0.3, -0.25) is 4.55 Å². The molecule has 0 aliphatic heterocycles. The van der Waals surface area contributed by atoms with Crippen LogP contribution >= 0.6 is 0 Å². The Hall–Kier alpha value is -2.37. The van der Waals surface area contributed by atoms with E-state index in [1.807, 2.05) is 48.5 Å². The zero-order chi connectivity index (χ0) is 15.7. The molecule has 0 spiro atoms. The first-order valence-corrected chi connectivity index (χ1v) is 8.14. The fraction of sp³-hybridized carbons (Fsp3) is 0.0588. The normalized spacial score (nSPS) is 11.7. The Bertz CT molecular complexity index is 932. The maximum atomic E-state index is 11.3. The Balaban J connectivity index is 2.07. The standard InChI is InChI=1S/C17H14O4S/c18-16-10-14-7-6-13(8-12-4-2-1-3-5-12)9-15(14)11-17(16)22(19,20)21/h1-7,9-11,18H,8H2,(H,19,20,21). The summed E-state index contributed by atoms with van der Waals surface area (Å²) in [5.74, 6) is -0.453. The van der Waals surface area contributed by atoms with Crippen LogP contribution in [0, 0.1) is 0 Å². The summed E-state index contributed by atoms with van der Waals surface area (Å²) in [5.41, 5.74) is 2.17. The lowest BCUT2D eigenvalue weighted by atomic mass is 10.0. The Labute approximate surface area is 128 Å². The monoisotopic (exact) mass is 314 g/mol. The number of fused-ring (bicyclic) bond motifs is 1. The lowest BCUT2D eigenvalue weighted by molar-refractivity contribution is 0.444. The maximum Gasteiger partial charge on any atom is 0.298 e. The molecule has 3 aromatic carbocycles. The average molecular weight is 314 g/mol. The SMILES string of the molecule is O=S(=O)(O)c1cc2cc(Cc3ccccc3)ccc2cc1O. The fourth-order valence-corrected chi connectivity index (χ4v) is 3.06. The third-order valence-electron chi connectivity index (χ3n) is 3.51. The molecule has 0 fully saturated rings. The van der Waals surface area contributed by atoms with Gasteiger partial charge in [0.1, 0.15) is 10.6 Å². The van der Waals surface area contributed by atoms with Gasteiger partial charge in [0.2, 0.25) is 0 Å². The maximum absolute atomic E-state index is 11.3. The van der Waals surface area contributed by atoms with Crippen molar-refractivity contribution in [3.05, 3.63) is 71.8 Å². The number of rotatable bonds is 3. The van der Waals surface area contributed by atoms with Crippen molar-refractivity contribution in [2.45, 2.75) is 11.3 Å². The fourth-order valence-electron chi connectivity index (χ4n) is 2.46. The van der Waals surface area contributed by atoms with Gasteiger partial charge in [0.05, 0.1) is 0 Å². The van der Waals surface area contributed by atoms with Gasteiger partial charge in [0.15, 0.2) is 0 Å². The van der Waals surface area contributed by atoms with Crippen LogP contribution in [0.3, 0.4) is 0 Å². The highest BCUT2D eigenvalue weighted by atomic mass is 32.2. The summed E-state index contributed by atoms with van der Waals surface area (Å²) in [6.07, 6.45) is 0.721. The van der Waals surface area contributed by atoms with Gasteiger partial charge in [-0.1, -0.05) is 48.5 Å². The molecule has 0 unspecified atom stereocenters. The van der Waals surface area contributed by atoms with Crippen molar-refractivity contribution in [2.24, 2.45) is 0 Å². The number of hydrogen-bond acceptors (Lipinski definition) is 3. The van der Waals surface area contributed by atoms with Crippen LogP contribution in [0.2, 0.25) is 0 Å². The van der Waals surface area contributed by atoms with Gasteiger partial charge in [-0.05, 0) is 40.5 Å². The molecular formula is C17H14O4S. The molecule has 0 aliphatic rings. The van der Waals surface area contributed by atoms with Gasteiger partial charge < -0.3 is 5.11 Å². The highest BCUT2D eigenvalue weighted by Crippen LogP contribution is 2.29. The van der Waals surface area contributed by atoms with E-state index in [2.05, 4.69) is 0 Å². The van der Waals surface area contributed by atoms with Crippen LogP contribution in [0.5, 0.6) is 5.75 Å². The first-order valence-electron chi connectivity index (χ1n) is 6.70. The first-order chi connectivity index (χ1) is 10.4. The van der Waals surface area contributed by atoms with Gasteiger partial charge in [0.25, 0.3) is 10.1 Å².